The van der Waals surface area contributed by atoms with Crippen LogP contribution >= 0.6 is 0 Å². The molecule has 0 aromatic heterocycles. The minimum absolute atomic E-state index is 0.252. The fourth-order valence-corrected chi connectivity index (χ4v) is 2.99. The largest absolute Gasteiger partial charge is 0.452 e. The molecule has 0 spiro atoms. The van der Waals surface area contributed by atoms with Crippen molar-refractivity contribution in [3.63, 3.8) is 0 Å². The molecule has 0 unspecified atom stereocenters. The maximum Gasteiger partial charge on any atom is 0.413 e. The molecule has 0 aliphatic carbocycles. The van der Waals surface area contributed by atoms with Crippen molar-refractivity contribution < 1.29 is 47.7 Å². The Kier molecular flexibility index (Phi) is 12.9. The average molecular weight is 597 g/mol. The number of esters is 1. The summed E-state index contributed by atoms with van der Waals surface area (Å²) in [4.78, 5) is 62.5. The van der Waals surface area contributed by atoms with E-state index in [-0.39, 0.29) is 5.75 Å². The maximum atomic E-state index is 12.9. The van der Waals surface area contributed by atoms with Crippen LogP contribution in [0.2, 0.25) is 0 Å². The summed E-state index contributed by atoms with van der Waals surface area (Å²) >= 11 is 0. The van der Waals surface area contributed by atoms with Gasteiger partial charge < -0.3 is 45.0 Å². The van der Waals surface area contributed by atoms with Gasteiger partial charge in [0, 0.05) is 0 Å². The predicted octanol–water partition coefficient (Wildman–Crippen LogP) is 3.63. The molecule has 0 saturated heterocycles. The van der Waals surface area contributed by atoms with Crippen LogP contribution in [0, 0.1) is 0 Å². The van der Waals surface area contributed by atoms with E-state index in [1.54, 1.807) is 92.6 Å². The highest BCUT2D eigenvalue weighted by Crippen LogP contribution is 2.14. The molecule has 0 atom stereocenters. The lowest BCUT2D eigenvalue weighted by Crippen LogP contribution is -2.60. The Balaban J connectivity index is 3.15. The second kappa shape index (κ2) is 15.1. The van der Waals surface area contributed by atoms with E-state index >= 15 is 0 Å². The maximum absolute atomic E-state index is 12.9. The number of hydrogen-bond donors (Lipinski definition) is 4. The van der Waals surface area contributed by atoms with E-state index in [0.717, 1.165) is 0 Å². The molecule has 0 saturated carbocycles. The molecule has 1 aromatic rings. The van der Waals surface area contributed by atoms with Gasteiger partial charge >= 0.3 is 30.3 Å². The van der Waals surface area contributed by atoms with Crippen molar-refractivity contribution in [1.29, 1.82) is 0 Å². The van der Waals surface area contributed by atoms with Crippen molar-refractivity contribution in [1.82, 2.24) is 21.3 Å². The monoisotopic (exact) mass is 596 g/mol. The zero-order valence-electron chi connectivity index (χ0n) is 25.8. The predicted molar refractivity (Wildman–Crippen MR) is 152 cm³/mol. The summed E-state index contributed by atoms with van der Waals surface area (Å²) in [5, 5.41) is 9.75. The summed E-state index contributed by atoms with van der Waals surface area (Å²) in [6.45, 7) is 13.0. The third kappa shape index (κ3) is 16.8. The first-order valence-corrected chi connectivity index (χ1v) is 13.3. The van der Waals surface area contributed by atoms with Gasteiger partial charge in [0.05, 0.1) is 19.6 Å². The van der Waals surface area contributed by atoms with Gasteiger partial charge in [0.25, 0.3) is 0 Å². The summed E-state index contributed by atoms with van der Waals surface area (Å²) in [5.41, 5.74) is -4.30. The fourth-order valence-electron chi connectivity index (χ4n) is 2.99. The van der Waals surface area contributed by atoms with Crippen LogP contribution in [-0.4, -0.2) is 78.9 Å². The van der Waals surface area contributed by atoms with Crippen molar-refractivity contribution >= 4 is 30.3 Å². The Bertz CT molecular complexity index is 994. The van der Waals surface area contributed by atoms with Crippen molar-refractivity contribution in [2.75, 3.05) is 26.2 Å². The second-order valence-electron chi connectivity index (χ2n) is 12.3. The van der Waals surface area contributed by atoms with E-state index in [1.165, 1.54) is 0 Å². The molecule has 42 heavy (non-hydrogen) atoms. The Labute approximate surface area is 246 Å². The summed E-state index contributed by atoms with van der Waals surface area (Å²) in [5.74, 6) is -0.717. The third-order valence-electron chi connectivity index (χ3n) is 4.52. The molecule has 0 radical (unpaired) electrons. The molecule has 4 N–H and O–H groups in total. The lowest BCUT2D eigenvalue weighted by Gasteiger charge is -2.35. The minimum atomic E-state index is -1.78. The van der Waals surface area contributed by atoms with Gasteiger partial charge in [-0.25, -0.2) is 19.2 Å². The highest BCUT2D eigenvalue weighted by molar-refractivity contribution is 5.79. The Morgan fingerprint density at radius 2 is 0.929 bits per heavy atom. The van der Waals surface area contributed by atoms with Gasteiger partial charge in [0.15, 0.2) is 5.60 Å². The summed E-state index contributed by atoms with van der Waals surface area (Å²) in [7, 11) is 0. The number of benzene rings is 1. The van der Waals surface area contributed by atoms with E-state index in [2.05, 4.69) is 21.3 Å². The Morgan fingerprint density at radius 1 is 0.548 bits per heavy atom. The third-order valence-corrected chi connectivity index (χ3v) is 4.52. The van der Waals surface area contributed by atoms with Crippen LogP contribution in [0.25, 0.3) is 0 Å². The second-order valence-corrected chi connectivity index (χ2v) is 12.3. The number of hydrogen-bond acceptors (Lipinski definition) is 10. The number of alkyl carbamates (subject to hydrolysis) is 3. The van der Waals surface area contributed by atoms with Gasteiger partial charge in [-0.2, -0.15) is 0 Å². The number of nitrogens with one attached hydrogen (secondary N) is 4. The summed E-state index contributed by atoms with van der Waals surface area (Å²) in [6.07, 6.45) is -3.46. The SMILES string of the molecule is CC(C)(C)OC(=O)NCC(CNC(=O)OC(C)(C)C)(CNC(=O)OC(C)(C)C)OC(=O)CNC(=O)Oc1ccccc1. The molecule has 1 rings (SSSR count). The average Bonchev–Trinajstić information content (AvgIpc) is 2.81. The van der Waals surface area contributed by atoms with Gasteiger partial charge in [-0.1, -0.05) is 18.2 Å². The zero-order chi connectivity index (χ0) is 32.2. The standard InChI is InChI=1S/C28H44N4O10/c1-25(2,3)40-22(35)30-16-28(17-31-23(36)41-26(4,5)6,18-32-24(37)42-27(7,8)9)39-20(33)15-29-21(34)38-19-13-11-10-12-14-19/h10-14H,15-18H2,1-9H3,(H,29,34)(H,30,35)(H,31,36)(H,32,37). The Hall–Kier alpha value is -4.23. The number of para-hydroxylation sites is 1. The number of amides is 4. The van der Waals surface area contributed by atoms with Crippen molar-refractivity contribution in [3.8, 4) is 5.75 Å². The quantitative estimate of drug-likeness (QED) is 0.230. The number of rotatable bonds is 10. The highest BCUT2D eigenvalue weighted by Gasteiger charge is 2.38. The van der Waals surface area contributed by atoms with Gasteiger partial charge in [0.2, 0.25) is 0 Å². The van der Waals surface area contributed by atoms with Crippen LogP contribution < -0.4 is 26.0 Å². The molecular weight excluding hydrogens is 552 g/mol. The topological polar surface area (TPSA) is 180 Å². The lowest BCUT2D eigenvalue weighted by atomic mass is 10.0. The molecule has 1 aromatic carbocycles. The van der Waals surface area contributed by atoms with Gasteiger partial charge in [-0.05, 0) is 74.4 Å². The lowest BCUT2D eigenvalue weighted by molar-refractivity contribution is -0.157. The van der Waals surface area contributed by atoms with Crippen LogP contribution in [-0.2, 0) is 23.7 Å². The van der Waals surface area contributed by atoms with Crippen molar-refractivity contribution in [2.24, 2.45) is 0 Å². The normalized spacial score (nSPS) is 11.8. The van der Waals surface area contributed by atoms with Crippen LogP contribution in [0.4, 0.5) is 19.2 Å². The first kappa shape index (κ1) is 35.8. The molecule has 4 amide bonds. The minimum Gasteiger partial charge on any atom is -0.452 e. The van der Waals surface area contributed by atoms with Crippen LogP contribution in [0.3, 0.4) is 0 Å². The molecule has 14 nitrogen and oxygen atoms in total. The van der Waals surface area contributed by atoms with Gasteiger partial charge in [-0.15, -0.1) is 0 Å². The molecule has 0 heterocycles. The van der Waals surface area contributed by atoms with E-state index in [1.807, 2.05) is 0 Å². The molecule has 0 fully saturated rings. The highest BCUT2D eigenvalue weighted by atomic mass is 16.6. The Morgan fingerprint density at radius 3 is 1.29 bits per heavy atom. The van der Waals surface area contributed by atoms with Crippen LogP contribution in [0.15, 0.2) is 30.3 Å². The number of ether oxygens (including phenoxy) is 5. The van der Waals surface area contributed by atoms with Crippen molar-refractivity contribution in [2.45, 2.75) is 84.7 Å². The molecule has 0 bridgehead atoms. The van der Waals surface area contributed by atoms with E-state index < -0.39 is 78.9 Å². The molecule has 236 valence electrons. The smallest absolute Gasteiger partial charge is 0.413 e. The van der Waals surface area contributed by atoms with E-state index in [9.17, 15) is 24.0 Å². The molecule has 14 heteroatoms. The fraction of sp³-hybridized carbons (Fsp3) is 0.607. The number of carbonyl (C=O) groups is 5. The number of carbonyl (C=O) groups excluding carboxylic acids is 5. The summed E-state index contributed by atoms with van der Waals surface area (Å²) in [6, 6.07) is 8.17. The molecule has 0 aliphatic heterocycles. The van der Waals surface area contributed by atoms with E-state index in [4.69, 9.17) is 23.7 Å². The van der Waals surface area contributed by atoms with Gasteiger partial charge in [-0.3, -0.25) is 4.79 Å². The first-order valence-electron chi connectivity index (χ1n) is 13.3. The molecule has 0 aliphatic rings. The summed E-state index contributed by atoms with van der Waals surface area (Å²) < 4.78 is 26.6. The molecular formula is C28H44N4O10. The van der Waals surface area contributed by atoms with Gasteiger partial charge in [0.1, 0.15) is 29.1 Å². The van der Waals surface area contributed by atoms with Crippen molar-refractivity contribution in [3.05, 3.63) is 30.3 Å². The first-order chi connectivity index (χ1) is 19.2. The van der Waals surface area contributed by atoms with Crippen LogP contribution in [0.1, 0.15) is 62.3 Å². The zero-order valence-corrected chi connectivity index (χ0v) is 25.8. The van der Waals surface area contributed by atoms with Crippen LogP contribution in [0.5, 0.6) is 5.75 Å². The van der Waals surface area contributed by atoms with E-state index in [0.29, 0.717) is 0 Å².